The third kappa shape index (κ3) is 5.54. The topological polar surface area (TPSA) is 120 Å². The van der Waals surface area contributed by atoms with E-state index in [1.54, 1.807) is 7.11 Å². The fraction of sp³-hybridized carbons (Fsp3) is 0.233. The second kappa shape index (κ2) is 10.8. The molecule has 1 aliphatic heterocycles. The van der Waals surface area contributed by atoms with Crippen LogP contribution in [-0.4, -0.2) is 58.1 Å². The molecule has 0 bridgehead atoms. The van der Waals surface area contributed by atoms with Crippen molar-refractivity contribution < 1.29 is 14.3 Å². The Hall–Kier alpha value is -4.61. The smallest absolute Gasteiger partial charge is 0.256 e. The van der Waals surface area contributed by atoms with Crippen LogP contribution in [0.3, 0.4) is 0 Å². The molecule has 0 unspecified atom stereocenters. The second-order valence-corrected chi connectivity index (χ2v) is 16.8. The van der Waals surface area contributed by atoms with Crippen molar-refractivity contribution in [3.05, 3.63) is 71.8 Å². The number of fused-ring (bicyclic) bond motifs is 2. The maximum Gasteiger partial charge on any atom is 0.256 e. The van der Waals surface area contributed by atoms with Crippen LogP contribution in [0.2, 0.25) is 25.7 Å². The van der Waals surface area contributed by atoms with Gasteiger partial charge in [0, 0.05) is 48.0 Å². The van der Waals surface area contributed by atoms with Gasteiger partial charge in [0.05, 0.1) is 12.6 Å². The van der Waals surface area contributed by atoms with Gasteiger partial charge in [-0.05, 0) is 59.3 Å². The van der Waals surface area contributed by atoms with E-state index in [1.807, 2.05) is 65.4 Å². The van der Waals surface area contributed by atoms with Gasteiger partial charge in [-0.1, -0.05) is 43.9 Å². The first kappa shape index (κ1) is 26.6. The number of hydrogen-bond donors (Lipinski definition) is 2. The van der Waals surface area contributed by atoms with E-state index < -0.39 is 8.07 Å². The summed E-state index contributed by atoms with van der Waals surface area (Å²) in [5.41, 5.74) is 6.57. The van der Waals surface area contributed by atoms with E-state index in [4.69, 9.17) is 14.6 Å². The van der Waals surface area contributed by atoms with Crippen LogP contribution in [0.1, 0.15) is 11.1 Å². The number of aromatic nitrogens is 6. The molecule has 0 radical (unpaired) electrons. The molecular formula is C30H31N7O3Si. The molecule has 1 amide bonds. The predicted octanol–water partition coefficient (Wildman–Crippen LogP) is 5.70. The van der Waals surface area contributed by atoms with Crippen LogP contribution in [0, 0.1) is 0 Å². The zero-order chi connectivity index (χ0) is 28.6. The molecule has 0 spiro atoms. The molecule has 1 aliphatic rings. The minimum atomic E-state index is -1.23. The lowest BCUT2D eigenvalue weighted by molar-refractivity contribution is -0.110. The Bertz CT molecular complexity index is 1770. The van der Waals surface area contributed by atoms with E-state index in [2.05, 4.69) is 51.6 Å². The average molecular weight is 566 g/mol. The molecule has 0 fully saturated rings. The molecule has 6 rings (SSSR count). The summed E-state index contributed by atoms with van der Waals surface area (Å²) in [7, 11) is 0.386. The van der Waals surface area contributed by atoms with Gasteiger partial charge in [-0.2, -0.15) is 10.3 Å². The lowest BCUT2D eigenvalue weighted by Gasteiger charge is -2.15. The van der Waals surface area contributed by atoms with Crippen molar-refractivity contribution in [3.8, 4) is 28.4 Å². The number of tetrazole rings is 1. The van der Waals surface area contributed by atoms with Crippen LogP contribution < -0.4 is 10.1 Å². The van der Waals surface area contributed by atoms with Crippen molar-refractivity contribution in [1.82, 2.24) is 30.4 Å². The van der Waals surface area contributed by atoms with Crippen LogP contribution in [-0.2, 0) is 16.3 Å². The number of H-pyrrole nitrogens is 1. The molecule has 208 valence electrons. The Morgan fingerprint density at radius 2 is 1.88 bits per heavy atom. The van der Waals surface area contributed by atoms with Crippen molar-refractivity contribution in [2.75, 3.05) is 19.0 Å². The maximum atomic E-state index is 12.9. The van der Waals surface area contributed by atoms with E-state index in [0.29, 0.717) is 30.5 Å². The summed E-state index contributed by atoms with van der Waals surface area (Å²) in [5, 5.41) is 23.3. The number of hydrogen-bond acceptors (Lipinski definition) is 7. The van der Waals surface area contributed by atoms with Crippen molar-refractivity contribution in [1.29, 1.82) is 0 Å². The SMILES string of the molecule is COc1ccc2c(c1)/C(=C/c1ccc3c(-c4cccc(-c5nn[nH]n5)c4)nn(COCC[Si](C)(C)C)c3c1)C(=O)N2. The molecule has 3 heterocycles. The highest BCUT2D eigenvalue weighted by atomic mass is 28.3. The number of ether oxygens (including phenoxy) is 2. The van der Waals surface area contributed by atoms with Crippen LogP contribution in [0.5, 0.6) is 5.75 Å². The summed E-state index contributed by atoms with van der Waals surface area (Å²) < 4.78 is 13.4. The van der Waals surface area contributed by atoms with E-state index in [1.165, 1.54) is 0 Å². The number of rotatable bonds is 9. The molecule has 0 atom stereocenters. The zero-order valence-electron chi connectivity index (χ0n) is 23.4. The van der Waals surface area contributed by atoms with Gasteiger partial charge in [-0.3, -0.25) is 4.79 Å². The molecule has 5 aromatic rings. The normalized spacial score (nSPS) is 14.0. The van der Waals surface area contributed by atoms with Gasteiger partial charge in [0.2, 0.25) is 5.82 Å². The third-order valence-corrected chi connectivity index (χ3v) is 8.75. The first-order valence-corrected chi connectivity index (χ1v) is 17.1. The lowest BCUT2D eigenvalue weighted by Crippen LogP contribution is -2.22. The summed E-state index contributed by atoms with van der Waals surface area (Å²) in [4.78, 5) is 12.9. The quantitative estimate of drug-likeness (QED) is 0.134. The van der Waals surface area contributed by atoms with Gasteiger partial charge in [-0.25, -0.2) is 4.68 Å². The number of amides is 1. The summed E-state index contributed by atoms with van der Waals surface area (Å²) in [5.74, 6) is 1.07. The molecule has 10 nitrogen and oxygen atoms in total. The van der Waals surface area contributed by atoms with Crippen LogP contribution in [0.15, 0.2) is 60.7 Å². The zero-order valence-corrected chi connectivity index (χ0v) is 24.4. The van der Waals surface area contributed by atoms with E-state index in [0.717, 1.165) is 50.6 Å². The number of anilines is 1. The predicted molar refractivity (Wildman–Crippen MR) is 162 cm³/mol. The van der Waals surface area contributed by atoms with E-state index >= 15 is 0 Å². The van der Waals surface area contributed by atoms with Crippen LogP contribution >= 0.6 is 0 Å². The molecule has 11 heteroatoms. The van der Waals surface area contributed by atoms with Crippen molar-refractivity contribution >= 4 is 42.2 Å². The van der Waals surface area contributed by atoms with Crippen molar-refractivity contribution in [2.45, 2.75) is 32.4 Å². The second-order valence-electron chi connectivity index (χ2n) is 11.2. The summed E-state index contributed by atoms with van der Waals surface area (Å²) in [6.07, 6.45) is 1.90. The Morgan fingerprint density at radius 1 is 1.02 bits per heavy atom. The van der Waals surface area contributed by atoms with Gasteiger partial charge in [0.15, 0.2) is 0 Å². The number of carbonyl (C=O) groups is 1. The molecular weight excluding hydrogens is 534 g/mol. The van der Waals surface area contributed by atoms with Gasteiger partial charge in [0.25, 0.3) is 5.91 Å². The number of aromatic amines is 1. The highest BCUT2D eigenvalue weighted by Crippen LogP contribution is 2.37. The summed E-state index contributed by atoms with van der Waals surface area (Å²) in [6, 6.07) is 20.7. The highest BCUT2D eigenvalue weighted by Gasteiger charge is 2.25. The standard InChI is InChI=1S/C30H31N7O3Si/c1-39-22-9-11-26-24(17-22)25(30(38)31-26)14-19-8-10-23-27(15-19)37(18-40-12-13-41(2,3)4)34-28(23)20-6-5-7-21(16-20)29-32-35-36-33-29/h5-11,14-17H,12-13,18H2,1-4H3,(H,31,38)(H,32,33,35,36)/b25-14-. The third-order valence-electron chi connectivity index (χ3n) is 7.05. The summed E-state index contributed by atoms with van der Waals surface area (Å²) in [6.45, 7) is 8.01. The first-order valence-electron chi connectivity index (χ1n) is 13.4. The highest BCUT2D eigenvalue weighted by molar-refractivity contribution is 6.76. The maximum absolute atomic E-state index is 12.9. The van der Waals surface area contributed by atoms with Gasteiger partial charge in [0.1, 0.15) is 18.2 Å². The van der Waals surface area contributed by atoms with E-state index in [9.17, 15) is 4.79 Å². The molecule has 0 saturated heterocycles. The molecule has 41 heavy (non-hydrogen) atoms. The van der Waals surface area contributed by atoms with Gasteiger partial charge < -0.3 is 14.8 Å². The summed E-state index contributed by atoms with van der Waals surface area (Å²) >= 11 is 0. The monoisotopic (exact) mass is 565 g/mol. The van der Waals surface area contributed by atoms with Crippen molar-refractivity contribution in [3.63, 3.8) is 0 Å². The lowest BCUT2D eigenvalue weighted by atomic mass is 10.0. The molecule has 0 aliphatic carbocycles. The first-order chi connectivity index (χ1) is 19.8. The minimum Gasteiger partial charge on any atom is -0.497 e. The molecule has 0 saturated carbocycles. The van der Waals surface area contributed by atoms with Crippen molar-refractivity contribution in [2.24, 2.45) is 0 Å². The van der Waals surface area contributed by atoms with E-state index in [-0.39, 0.29) is 5.91 Å². The number of nitrogens with one attached hydrogen (secondary N) is 2. The number of benzene rings is 3. The fourth-order valence-corrected chi connectivity index (χ4v) is 5.57. The number of carbonyl (C=O) groups excluding carboxylic acids is 1. The van der Waals surface area contributed by atoms with Crippen LogP contribution in [0.4, 0.5) is 5.69 Å². The van der Waals surface area contributed by atoms with Crippen LogP contribution in [0.25, 0.3) is 45.2 Å². The molecule has 2 aromatic heterocycles. The van der Waals surface area contributed by atoms with Gasteiger partial charge >= 0.3 is 0 Å². The Labute approximate surface area is 238 Å². The largest absolute Gasteiger partial charge is 0.497 e. The minimum absolute atomic E-state index is 0.143. The molecule has 2 N–H and O–H groups in total. The number of nitrogens with zero attached hydrogens (tertiary/aromatic N) is 5. The Morgan fingerprint density at radius 3 is 2.66 bits per heavy atom. The number of methoxy groups -OCH3 is 1. The average Bonchev–Trinajstić information content (AvgIpc) is 3.69. The molecule has 3 aromatic carbocycles. The fourth-order valence-electron chi connectivity index (χ4n) is 4.82. The Kier molecular flexibility index (Phi) is 6.98. The Balaban J connectivity index is 1.40. The van der Waals surface area contributed by atoms with Gasteiger partial charge in [-0.15, -0.1) is 10.2 Å².